The van der Waals surface area contributed by atoms with Gasteiger partial charge in [-0.15, -0.1) is 0 Å². The molecule has 0 spiro atoms. The first kappa shape index (κ1) is 31.3. The van der Waals surface area contributed by atoms with Crippen LogP contribution in [0.5, 0.6) is 0 Å². The number of furan rings is 2. The molecule has 0 atom stereocenters. The smallest absolute Gasteiger partial charge is 0.137 e. The number of hydrogen-bond donors (Lipinski definition) is 0. The topological polar surface area (TPSA) is 61.9 Å². The van der Waals surface area contributed by atoms with Crippen LogP contribution in [0.4, 0.5) is 0 Å². The largest absolute Gasteiger partial charge is 0.456 e. The first-order valence-electron chi connectivity index (χ1n) is 19.5. The zero-order chi connectivity index (χ0) is 37.9. The van der Waals surface area contributed by atoms with E-state index in [1.54, 1.807) is 0 Å². The zero-order valence-corrected chi connectivity index (χ0v) is 30.9. The molecule has 0 amide bonds. The Morgan fingerprint density at radius 1 is 0.345 bits per heavy atom. The number of nitrogens with zero attached hydrogens (tertiary/aromatic N) is 4. The molecule has 6 aromatic heterocycles. The van der Waals surface area contributed by atoms with Gasteiger partial charge in [0, 0.05) is 79.8 Å². The van der Waals surface area contributed by atoms with Gasteiger partial charge in [-0.25, -0.2) is 0 Å². The highest BCUT2D eigenvalue weighted by molar-refractivity contribution is 6.11. The molecule has 0 saturated carbocycles. The zero-order valence-electron chi connectivity index (χ0n) is 30.9. The predicted molar refractivity (Wildman–Crippen MR) is 236 cm³/mol. The summed E-state index contributed by atoms with van der Waals surface area (Å²) in [5, 5.41) is 7.84. The van der Waals surface area contributed by atoms with Crippen molar-refractivity contribution in [3.05, 3.63) is 182 Å². The molecule has 13 rings (SSSR count). The van der Waals surface area contributed by atoms with Crippen molar-refractivity contribution in [2.75, 3.05) is 0 Å². The minimum Gasteiger partial charge on any atom is -0.456 e. The van der Waals surface area contributed by atoms with Crippen molar-refractivity contribution in [1.29, 1.82) is 0 Å². The van der Waals surface area contributed by atoms with Crippen LogP contribution in [0.1, 0.15) is 0 Å². The normalized spacial score (nSPS) is 12.1. The molecule has 6 heteroatoms. The fraction of sp³-hybridized carbons (Fsp3) is 0. The molecule has 58 heavy (non-hydrogen) atoms. The van der Waals surface area contributed by atoms with Crippen LogP contribution < -0.4 is 0 Å². The first-order chi connectivity index (χ1) is 28.7. The van der Waals surface area contributed by atoms with Gasteiger partial charge in [0.05, 0.1) is 27.6 Å². The molecule has 0 bridgehead atoms. The molecule has 6 heterocycles. The maximum atomic E-state index is 6.60. The number of aromatic nitrogens is 4. The van der Waals surface area contributed by atoms with Crippen LogP contribution in [0, 0.1) is 0 Å². The van der Waals surface area contributed by atoms with Gasteiger partial charge in [0.1, 0.15) is 22.3 Å². The lowest BCUT2D eigenvalue weighted by molar-refractivity contribution is 0.668. The molecular formula is C52H30N4O2. The molecule has 0 aliphatic heterocycles. The summed E-state index contributed by atoms with van der Waals surface area (Å²) in [6.07, 6.45) is 5.66. The van der Waals surface area contributed by atoms with Crippen LogP contribution >= 0.6 is 0 Å². The number of benzene rings is 7. The second-order valence-corrected chi connectivity index (χ2v) is 15.0. The number of pyridine rings is 2. The average molecular weight is 743 g/mol. The summed E-state index contributed by atoms with van der Waals surface area (Å²) in [7, 11) is 0. The molecule has 0 unspecified atom stereocenters. The number of fused-ring (bicyclic) bond motifs is 12. The lowest BCUT2D eigenvalue weighted by Crippen LogP contribution is -1.93. The Bertz CT molecular complexity index is 3470. The van der Waals surface area contributed by atoms with E-state index in [0.717, 1.165) is 116 Å². The highest BCUT2D eigenvalue weighted by atomic mass is 16.3. The van der Waals surface area contributed by atoms with Gasteiger partial charge in [0.25, 0.3) is 0 Å². The highest BCUT2D eigenvalue weighted by Gasteiger charge is 2.17. The van der Waals surface area contributed by atoms with Gasteiger partial charge in [-0.1, -0.05) is 66.7 Å². The van der Waals surface area contributed by atoms with E-state index < -0.39 is 0 Å². The van der Waals surface area contributed by atoms with E-state index in [2.05, 4.69) is 172 Å². The van der Waals surface area contributed by atoms with Crippen LogP contribution in [-0.2, 0) is 0 Å². The van der Waals surface area contributed by atoms with Crippen molar-refractivity contribution in [2.45, 2.75) is 0 Å². The Morgan fingerprint density at radius 2 is 0.862 bits per heavy atom. The third kappa shape index (κ3) is 4.48. The molecule has 6 nitrogen and oxygen atoms in total. The van der Waals surface area contributed by atoms with Gasteiger partial charge in [0.15, 0.2) is 0 Å². The van der Waals surface area contributed by atoms with E-state index in [1.807, 2.05) is 24.7 Å². The third-order valence-electron chi connectivity index (χ3n) is 11.9. The summed E-state index contributed by atoms with van der Waals surface area (Å²) < 4.78 is 17.8. The maximum absolute atomic E-state index is 6.60. The van der Waals surface area contributed by atoms with E-state index in [9.17, 15) is 0 Å². The molecule has 270 valence electrons. The summed E-state index contributed by atoms with van der Waals surface area (Å²) in [5.74, 6) is 0. The first-order valence-corrected chi connectivity index (χ1v) is 19.5. The molecule has 0 radical (unpaired) electrons. The molecule has 0 saturated heterocycles. The fourth-order valence-corrected chi connectivity index (χ4v) is 9.20. The monoisotopic (exact) mass is 742 g/mol. The summed E-state index contributed by atoms with van der Waals surface area (Å²) >= 11 is 0. The number of hydrogen-bond acceptors (Lipinski definition) is 4. The van der Waals surface area contributed by atoms with Gasteiger partial charge in [-0.3, -0.25) is 9.97 Å². The van der Waals surface area contributed by atoms with Gasteiger partial charge in [-0.05, 0) is 107 Å². The van der Waals surface area contributed by atoms with E-state index >= 15 is 0 Å². The van der Waals surface area contributed by atoms with Gasteiger partial charge >= 0.3 is 0 Å². The Hall–Kier alpha value is -7.96. The van der Waals surface area contributed by atoms with Crippen LogP contribution in [0.2, 0.25) is 0 Å². The van der Waals surface area contributed by atoms with Crippen molar-refractivity contribution in [2.24, 2.45) is 0 Å². The SMILES string of the molecule is c1cc(-c2ccc3c(c2)oc2cc(-n4c5ccccc5c5cnccc54)ccc23)cc(-c2ccc3c(c2)oc2cc(-n4c5ccccc5c5ncccc54)ccc23)c1. The van der Waals surface area contributed by atoms with Gasteiger partial charge in [0.2, 0.25) is 0 Å². The van der Waals surface area contributed by atoms with Gasteiger partial charge in [-0.2, -0.15) is 0 Å². The molecule has 0 fully saturated rings. The predicted octanol–water partition coefficient (Wildman–Crippen LogP) is 13.8. The maximum Gasteiger partial charge on any atom is 0.137 e. The summed E-state index contributed by atoms with van der Waals surface area (Å²) in [5.41, 5.74) is 15.4. The van der Waals surface area contributed by atoms with E-state index in [0.29, 0.717) is 0 Å². The fourth-order valence-electron chi connectivity index (χ4n) is 9.20. The van der Waals surface area contributed by atoms with Crippen molar-refractivity contribution in [3.63, 3.8) is 0 Å². The Labute approximate surface area is 330 Å². The van der Waals surface area contributed by atoms with Crippen LogP contribution in [0.3, 0.4) is 0 Å². The van der Waals surface area contributed by atoms with E-state index in [1.165, 1.54) is 5.39 Å². The summed E-state index contributed by atoms with van der Waals surface area (Å²) in [6.45, 7) is 0. The number of para-hydroxylation sites is 2. The van der Waals surface area contributed by atoms with E-state index in [4.69, 9.17) is 13.8 Å². The minimum atomic E-state index is 0.854. The second kappa shape index (κ2) is 11.8. The lowest BCUT2D eigenvalue weighted by Gasteiger charge is -2.07. The van der Waals surface area contributed by atoms with Crippen LogP contribution in [0.25, 0.3) is 121 Å². The molecule has 0 aliphatic rings. The van der Waals surface area contributed by atoms with E-state index in [-0.39, 0.29) is 0 Å². The Morgan fingerprint density at radius 3 is 1.53 bits per heavy atom. The van der Waals surface area contributed by atoms with Crippen molar-refractivity contribution in [1.82, 2.24) is 19.1 Å². The average Bonchev–Trinajstić information content (AvgIpc) is 4.03. The highest BCUT2D eigenvalue weighted by Crippen LogP contribution is 2.39. The summed E-state index contributed by atoms with van der Waals surface area (Å²) in [6, 6.07) is 57.9. The minimum absolute atomic E-state index is 0.854. The number of rotatable bonds is 4. The summed E-state index contributed by atoms with van der Waals surface area (Å²) in [4.78, 5) is 9.12. The molecule has 13 aromatic rings. The standard InChI is InChI=1S/C52H30N4O2/c1-3-11-44-37(9-1)43-30-53-24-22-46(43)55(44)35-16-20-40-38-18-14-33(26-48(38)57-50(40)28-35)31-7-5-8-32(25-31)34-15-19-39-41-21-17-36(29-51(41)58-49(39)27-34)56-45-12-4-2-10-42(45)52-47(56)13-6-23-54-52/h1-30H. The third-order valence-corrected chi connectivity index (χ3v) is 11.9. The van der Waals surface area contributed by atoms with Crippen molar-refractivity contribution in [3.8, 4) is 33.6 Å². The quantitative estimate of drug-likeness (QED) is 0.180. The Kier molecular flexibility index (Phi) is 6.35. The molecular weight excluding hydrogens is 713 g/mol. The lowest BCUT2D eigenvalue weighted by atomic mass is 9.97. The van der Waals surface area contributed by atoms with Crippen molar-refractivity contribution >= 4 is 87.6 Å². The van der Waals surface area contributed by atoms with Gasteiger partial charge < -0.3 is 18.0 Å². The van der Waals surface area contributed by atoms with Crippen LogP contribution in [0.15, 0.2) is 191 Å². The molecule has 7 aromatic carbocycles. The molecule has 0 N–H and O–H groups in total. The second-order valence-electron chi connectivity index (χ2n) is 15.0. The van der Waals surface area contributed by atoms with Crippen LogP contribution in [-0.4, -0.2) is 19.1 Å². The molecule has 0 aliphatic carbocycles. The van der Waals surface area contributed by atoms with Crippen molar-refractivity contribution < 1.29 is 8.83 Å². The Balaban J connectivity index is 0.860.